The molecule has 0 saturated heterocycles. The van der Waals surface area contributed by atoms with Gasteiger partial charge >= 0.3 is 0 Å². The second kappa shape index (κ2) is 8.79. The maximum absolute atomic E-state index is 9.51. The molecule has 0 radical (unpaired) electrons. The number of hydrogen-bond donors (Lipinski definition) is 10. The molecule has 0 unspecified atom stereocenters. The van der Waals surface area contributed by atoms with Crippen LogP contribution in [0.2, 0.25) is 0 Å². The Balaban J connectivity index is 4.71. The van der Waals surface area contributed by atoms with Crippen molar-refractivity contribution in [2.24, 2.45) is 0 Å². The van der Waals surface area contributed by atoms with Crippen molar-refractivity contribution in [3.63, 3.8) is 0 Å². The van der Waals surface area contributed by atoms with Crippen molar-refractivity contribution in [1.82, 2.24) is 0 Å². The molecule has 0 aliphatic carbocycles. The fourth-order valence-corrected chi connectivity index (χ4v) is 1.48. The highest BCUT2D eigenvalue weighted by Gasteiger charge is 2.40. The van der Waals surface area contributed by atoms with Gasteiger partial charge in [0.2, 0.25) is 0 Å². The SMILES string of the molecule is OC[C@@H](O)[C@@H](O)[C@H](O)[C@H](O)[C@@H](O)[C@@H](O)[C@H](O)[C@@H](O)CO. The largest absolute Gasteiger partial charge is 0.394 e. The van der Waals surface area contributed by atoms with E-state index >= 15 is 0 Å². The Hall–Kier alpha value is -0.400. The topological polar surface area (TPSA) is 202 Å². The summed E-state index contributed by atoms with van der Waals surface area (Å²) in [6.45, 7) is -1.84. The summed E-state index contributed by atoms with van der Waals surface area (Å²) in [6.07, 6.45) is -16.3. The van der Waals surface area contributed by atoms with E-state index in [0.29, 0.717) is 0 Å². The van der Waals surface area contributed by atoms with Crippen LogP contribution in [0.1, 0.15) is 0 Å². The predicted molar refractivity (Wildman–Crippen MR) is 62.2 cm³/mol. The minimum atomic E-state index is -2.19. The standard InChI is InChI=1S/C10H22O10/c11-1-3(13)5(15)7(17)9(19)10(20)8(18)6(16)4(14)2-12/h3-20H,1-2H2/t3-,4+,5-,6-,7+,8+,9+,10+/m1/s1. The van der Waals surface area contributed by atoms with E-state index in [2.05, 4.69) is 0 Å². The third kappa shape index (κ3) is 4.86. The molecule has 10 nitrogen and oxygen atoms in total. The van der Waals surface area contributed by atoms with Crippen LogP contribution >= 0.6 is 0 Å². The van der Waals surface area contributed by atoms with Gasteiger partial charge in [0.15, 0.2) is 0 Å². The number of rotatable bonds is 9. The van der Waals surface area contributed by atoms with Crippen molar-refractivity contribution in [2.45, 2.75) is 48.8 Å². The Morgan fingerprint density at radius 3 is 0.800 bits per heavy atom. The smallest absolute Gasteiger partial charge is 0.111 e. The molecule has 20 heavy (non-hydrogen) atoms. The van der Waals surface area contributed by atoms with Gasteiger partial charge in [0, 0.05) is 0 Å². The zero-order chi connectivity index (χ0) is 16.0. The summed E-state index contributed by atoms with van der Waals surface area (Å²) >= 11 is 0. The highest BCUT2D eigenvalue weighted by molar-refractivity contribution is 4.91. The molecule has 122 valence electrons. The summed E-state index contributed by atoms with van der Waals surface area (Å²) in [6, 6.07) is 0. The van der Waals surface area contributed by atoms with E-state index in [1.54, 1.807) is 0 Å². The Morgan fingerprint density at radius 1 is 0.400 bits per heavy atom. The number of aliphatic hydroxyl groups excluding tert-OH is 10. The van der Waals surface area contributed by atoms with Gasteiger partial charge in [-0.3, -0.25) is 0 Å². The molecule has 0 aromatic heterocycles. The Kier molecular flexibility index (Phi) is 8.62. The first kappa shape index (κ1) is 19.6. The van der Waals surface area contributed by atoms with E-state index in [-0.39, 0.29) is 0 Å². The molecule has 0 amide bonds. The van der Waals surface area contributed by atoms with Gasteiger partial charge < -0.3 is 51.1 Å². The van der Waals surface area contributed by atoms with Crippen molar-refractivity contribution in [2.75, 3.05) is 13.2 Å². The fourth-order valence-electron chi connectivity index (χ4n) is 1.48. The first-order chi connectivity index (χ1) is 9.18. The van der Waals surface area contributed by atoms with Gasteiger partial charge in [-0.1, -0.05) is 0 Å². The van der Waals surface area contributed by atoms with Gasteiger partial charge in [-0.2, -0.15) is 0 Å². The summed E-state index contributed by atoms with van der Waals surface area (Å²) in [7, 11) is 0. The van der Waals surface area contributed by atoms with E-state index in [4.69, 9.17) is 20.4 Å². The number of aliphatic hydroxyl groups is 10. The average molecular weight is 302 g/mol. The van der Waals surface area contributed by atoms with Crippen molar-refractivity contribution >= 4 is 0 Å². The molecule has 0 fully saturated rings. The highest BCUT2D eigenvalue weighted by atomic mass is 16.4. The summed E-state index contributed by atoms with van der Waals surface area (Å²) in [5.41, 5.74) is 0. The lowest BCUT2D eigenvalue weighted by atomic mass is 9.93. The molecule has 0 bridgehead atoms. The number of hydrogen-bond acceptors (Lipinski definition) is 10. The van der Waals surface area contributed by atoms with E-state index < -0.39 is 62.0 Å². The van der Waals surface area contributed by atoms with Gasteiger partial charge in [-0.15, -0.1) is 0 Å². The molecule has 0 saturated carbocycles. The second-order valence-electron chi connectivity index (χ2n) is 4.44. The first-order valence-electron chi connectivity index (χ1n) is 5.85. The van der Waals surface area contributed by atoms with Crippen LogP contribution in [0.25, 0.3) is 0 Å². The minimum absolute atomic E-state index is 0.921. The van der Waals surface area contributed by atoms with Crippen LogP contribution in [0.4, 0.5) is 0 Å². The van der Waals surface area contributed by atoms with Crippen LogP contribution in [0.15, 0.2) is 0 Å². The molecular weight excluding hydrogens is 280 g/mol. The third-order valence-corrected chi connectivity index (χ3v) is 2.91. The van der Waals surface area contributed by atoms with Crippen molar-refractivity contribution < 1.29 is 51.1 Å². The van der Waals surface area contributed by atoms with Crippen LogP contribution in [0, 0.1) is 0 Å². The maximum Gasteiger partial charge on any atom is 0.111 e. The first-order valence-corrected chi connectivity index (χ1v) is 5.85. The summed E-state index contributed by atoms with van der Waals surface area (Å²) < 4.78 is 0. The van der Waals surface area contributed by atoms with Crippen LogP contribution in [0.3, 0.4) is 0 Å². The van der Waals surface area contributed by atoms with Crippen LogP contribution in [-0.2, 0) is 0 Å². The van der Waals surface area contributed by atoms with Crippen molar-refractivity contribution in [1.29, 1.82) is 0 Å². The van der Waals surface area contributed by atoms with Crippen LogP contribution in [0.5, 0.6) is 0 Å². The molecule has 10 N–H and O–H groups in total. The molecule has 10 heteroatoms. The highest BCUT2D eigenvalue weighted by Crippen LogP contribution is 2.14. The van der Waals surface area contributed by atoms with Gasteiger partial charge in [0.05, 0.1) is 13.2 Å². The van der Waals surface area contributed by atoms with E-state index in [9.17, 15) is 30.6 Å². The molecule has 0 rings (SSSR count). The van der Waals surface area contributed by atoms with E-state index in [1.807, 2.05) is 0 Å². The molecule has 0 aliphatic rings. The lowest BCUT2D eigenvalue weighted by molar-refractivity contribution is -0.181. The zero-order valence-corrected chi connectivity index (χ0v) is 10.5. The Bertz CT molecular complexity index is 238. The van der Waals surface area contributed by atoms with Crippen molar-refractivity contribution in [3.8, 4) is 0 Å². The van der Waals surface area contributed by atoms with E-state index in [1.165, 1.54) is 0 Å². The summed E-state index contributed by atoms with van der Waals surface area (Å²) in [4.78, 5) is 0. The maximum atomic E-state index is 9.51. The molecule has 8 atom stereocenters. The second-order valence-corrected chi connectivity index (χ2v) is 4.44. The van der Waals surface area contributed by atoms with Gasteiger partial charge in [0.1, 0.15) is 48.8 Å². The molecule has 0 heterocycles. The fraction of sp³-hybridized carbons (Fsp3) is 1.00. The van der Waals surface area contributed by atoms with Crippen LogP contribution in [-0.4, -0.2) is 113 Å². The third-order valence-electron chi connectivity index (χ3n) is 2.91. The molecular formula is C10H22O10. The normalized spacial score (nSPS) is 24.3. The minimum Gasteiger partial charge on any atom is -0.394 e. The molecule has 0 aliphatic heterocycles. The monoisotopic (exact) mass is 302 g/mol. The van der Waals surface area contributed by atoms with Crippen molar-refractivity contribution in [3.05, 3.63) is 0 Å². The van der Waals surface area contributed by atoms with E-state index in [0.717, 1.165) is 0 Å². The van der Waals surface area contributed by atoms with Crippen LogP contribution < -0.4 is 0 Å². The summed E-state index contributed by atoms with van der Waals surface area (Å²) in [5, 5.41) is 91.8. The summed E-state index contributed by atoms with van der Waals surface area (Å²) in [5.74, 6) is 0. The molecule has 0 spiro atoms. The van der Waals surface area contributed by atoms with Gasteiger partial charge in [-0.25, -0.2) is 0 Å². The Labute approximate surface area is 114 Å². The lowest BCUT2D eigenvalue weighted by Crippen LogP contribution is -2.56. The average Bonchev–Trinajstić information content (AvgIpc) is 2.48. The molecule has 0 aromatic rings. The Morgan fingerprint density at radius 2 is 0.600 bits per heavy atom. The predicted octanol–water partition coefficient (Wildman–Crippen LogP) is -6.14. The lowest BCUT2D eigenvalue weighted by Gasteiger charge is -2.32. The van der Waals surface area contributed by atoms with Gasteiger partial charge in [-0.05, 0) is 0 Å². The van der Waals surface area contributed by atoms with Gasteiger partial charge in [0.25, 0.3) is 0 Å². The quantitative estimate of drug-likeness (QED) is 0.195. The zero-order valence-electron chi connectivity index (χ0n) is 10.5. The molecule has 0 aromatic carbocycles.